The van der Waals surface area contributed by atoms with Gasteiger partial charge in [0.15, 0.2) is 0 Å². The van der Waals surface area contributed by atoms with E-state index in [1.165, 1.54) is 6.07 Å². The van der Waals surface area contributed by atoms with Crippen LogP contribution in [0.1, 0.15) is 41.9 Å². The summed E-state index contributed by atoms with van der Waals surface area (Å²) in [5.41, 5.74) is 3.25. The van der Waals surface area contributed by atoms with E-state index in [1.807, 2.05) is 19.9 Å². The monoisotopic (exact) mass is 273 g/mol. The standard InChI is InChI=1S/C16H20FN3/c1-4-7-18-16(15-10-19-12(3)9-20-15)13-8-11(2)5-6-14(13)17/h5-6,8-10,16,18H,4,7H2,1-3H3. The van der Waals surface area contributed by atoms with Gasteiger partial charge in [0.1, 0.15) is 5.82 Å². The van der Waals surface area contributed by atoms with Gasteiger partial charge in [-0.1, -0.05) is 24.6 Å². The molecule has 2 aromatic rings. The summed E-state index contributed by atoms with van der Waals surface area (Å²) in [6.45, 7) is 6.73. The van der Waals surface area contributed by atoms with Crippen LogP contribution in [0, 0.1) is 19.7 Å². The number of aryl methyl sites for hydroxylation is 2. The van der Waals surface area contributed by atoms with E-state index in [0.717, 1.165) is 29.9 Å². The van der Waals surface area contributed by atoms with Gasteiger partial charge in [-0.15, -0.1) is 0 Å². The van der Waals surface area contributed by atoms with Crippen molar-refractivity contribution in [2.24, 2.45) is 0 Å². The van der Waals surface area contributed by atoms with Crippen molar-refractivity contribution in [1.82, 2.24) is 15.3 Å². The zero-order chi connectivity index (χ0) is 14.5. The van der Waals surface area contributed by atoms with Crippen LogP contribution in [0.2, 0.25) is 0 Å². The lowest BCUT2D eigenvalue weighted by atomic mass is 10.0. The number of aromatic nitrogens is 2. The van der Waals surface area contributed by atoms with Crippen molar-refractivity contribution in [3.8, 4) is 0 Å². The number of halogens is 1. The van der Waals surface area contributed by atoms with Crippen LogP contribution in [0.15, 0.2) is 30.6 Å². The van der Waals surface area contributed by atoms with Crippen LogP contribution in [0.25, 0.3) is 0 Å². The Hall–Kier alpha value is -1.81. The second-order valence-corrected chi connectivity index (χ2v) is 4.99. The topological polar surface area (TPSA) is 37.8 Å². The molecule has 0 bridgehead atoms. The van der Waals surface area contributed by atoms with Gasteiger partial charge in [0.2, 0.25) is 0 Å². The van der Waals surface area contributed by atoms with Crippen LogP contribution in [0.5, 0.6) is 0 Å². The molecule has 0 saturated carbocycles. The second-order valence-electron chi connectivity index (χ2n) is 4.99. The lowest BCUT2D eigenvalue weighted by molar-refractivity contribution is 0.537. The first-order valence-corrected chi connectivity index (χ1v) is 6.89. The Kier molecular flexibility index (Phi) is 4.79. The molecule has 0 aliphatic rings. The summed E-state index contributed by atoms with van der Waals surface area (Å²) in [5, 5.41) is 3.35. The lowest BCUT2D eigenvalue weighted by Crippen LogP contribution is -2.25. The SMILES string of the molecule is CCCNC(c1cnc(C)cn1)c1cc(C)ccc1F. The van der Waals surface area contributed by atoms with E-state index in [1.54, 1.807) is 18.5 Å². The number of rotatable bonds is 5. The molecule has 2 rings (SSSR count). The average Bonchev–Trinajstić information content (AvgIpc) is 2.44. The number of benzene rings is 1. The first kappa shape index (κ1) is 14.6. The molecule has 0 aliphatic heterocycles. The highest BCUT2D eigenvalue weighted by Crippen LogP contribution is 2.23. The van der Waals surface area contributed by atoms with Crippen molar-refractivity contribution in [3.63, 3.8) is 0 Å². The lowest BCUT2D eigenvalue weighted by Gasteiger charge is -2.19. The third-order valence-electron chi connectivity index (χ3n) is 3.16. The van der Waals surface area contributed by atoms with E-state index in [2.05, 4.69) is 22.2 Å². The smallest absolute Gasteiger partial charge is 0.128 e. The molecule has 0 fully saturated rings. The summed E-state index contributed by atoms with van der Waals surface area (Å²) in [7, 11) is 0. The summed E-state index contributed by atoms with van der Waals surface area (Å²) in [4.78, 5) is 8.65. The summed E-state index contributed by atoms with van der Waals surface area (Å²) in [6, 6.07) is 4.89. The van der Waals surface area contributed by atoms with E-state index in [9.17, 15) is 4.39 Å². The summed E-state index contributed by atoms with van der Waals surface area (Å²) < 4.78 is 14.1. The first-order chi connectivity index (χ1) is 9.61. The van der Waals surface area contributed by atoms with E-state index in [4.69, 9.17) is 0 Å². The molecule has 1 aromatic carbocycles. The average molecular weight is 273 g/mol. The van der Waals surface area contributed by atoms with Crippen LogP contribution in [0.3, 0.4) is 0 Å². The Bertz CT molecular complexity index is 566. The molecule has 0 saturated heterocycles. The van der Waals surface area contributed by atoms with Crippen molar-refractivity contribution in [3.05, 3.63) is 58.9 Å². The highest BCUT2D eigenvalue weighted by atomic mass is 19.1. The largest absolute Gasteiger partial charge is 0.305 e. The van der Waals surface area contributed by atoms with Crippen molar-refractivity contribution in [2.45, 2.75) is 33.2 Å². The molecule has 1 N–H and O–H groups in total. The van der Waals surface area contributed by atoms with Crippen LogP contribution >= 0.6 is 0 Å². The van der Waals surface area contributed by atoms with E-state index < -0.39 is 0 Å². The van der Waals surface area contributed by atoms with Gasteiger partial charge in [-0.05, 0) is 32.9 Å². The van der Waals surface area contributed by atoms with Crippen molar-refractivity contribution >= 4 is 0 Å². The summed E-state index contributed by atoms with van der Waals surface area (Å²) in [6.07, 6.45) is 4.40. The molecular weight excluding hydrogens is 253 g/mol. The van der Waals surface area contributed by atoms with Gasteiger partial charge in [-0.25, -0.2) is 4.39 Å². The molecule has 1 aromatic heterocycles. The molecule has 0 amide bonds. The first-order valence-electron chi connectivity index (χ1n) is 6.89. The maximum atomic E-state index is 14.1. The molecule has 0 radical (unpaired) electrons. The van der Waals surface area contributed by atoms with Gasteiger partial charge in [-0.2, -0.15) is 0 Å². The predicted molar refractivity (Wildman–Crippen MR) is 78.0 cm³/mol. The Balaban J connectivity index is 2.41. The molecule has 1 unspecified atom stereocenters. The van der Waals surface area contributed by atoms with Gasteiger partial charge >= 0.3 is 0 Å². The maximum Gasteiger partial charge on any atom is 0.128 e. The minimum absolute atomic E-state index is 0.216. The van der Waals surface area contributed by atoms with E-state index in [-0.39, 0.29) is 11.9 Å². The van der Waals surface area contributed by atoms with Crippen molar-refractivity contribution in [2.75, 3.05) is 6.54 Å². The van der Waals surface area contributed by atoms with Crippen LogP contribution in [-0.4, -0.2) is 16.5 Å². The maximum absolute atomic E-state index is 14.1. The highest BCUT2D eigenvalue weighted by molar-refractivity contribution is 5.31. The van der Waals surface area contributed by atoms with Crippen molar-refractivity contribution < 1.29 is 4.39 Å². The number of nitrogens with zero attached hydrogens (tertiary/aromatic N) is 2. The second kappa shape index (κ2) is 6.57. The minimum atomic E-state index is -0.261. The number of nitrogens with one attached hydrogen (secondary N) is 1. The zero-order valence-corrected chi connectivity index (χ0v) is 12.2. The highest BCUT2D eigenvalue weighted by Gasteiger charge is 2.19. The van der Waals surface area contributed by atoms with Gasteiger partial charge < -0.3 is 5.32 Å². The van der Waals surface area contributed by atoms with Crippen LogP contribution < -0.4 is 5.32 Å². The fraction of sp³-hybridized carbons (Fsp3) is 0.375. The van der Waals surface area contributed by atoms with Crippen LogP contribution in [0.4, 0.5) is 4.39 Å². The predicted octanol–water partition coefficient (Wildman–Crippen LogP) is 3.32. The number of hydrogen-bond acceptors (Lipinski definition) is 3. The molecule has 4 heteroatoms. The molecule has 1 atom stereocenters. The molecule has 0 aliphatic carbocycles. The Morgan fingerprint density at radius 1 is 1.20 bits per heavy atom. The van der Waals surface area contributed by atoms with E-state index in [0.29, 0.717) is 5.56 Å². The molecule has 1 heterocycles. The molecular formula is C16H20FN3. The van der Waals surface area contributed by atoms with Gasteiger partial charge in [0, 0.05) is 11.8 Å². The zero-order valence-electron chi connectivity index (χ0n) is 12.2. The van der Waals surface area contributed by atoms with Gasteiger partial charge in [0.25, 0.3) is 0 Å². The van der Waals surface area contributed by atoms with Crippen molar-refractivity contribution in [1.29, 1.82) is 0 Å². The third-order valence-corrected chi connectivity index (χ3v) is 3.16. The molecule has 106 valence electrons. The summed E-state index contributed by atoms with van der Waals surface area (Å²) >= 11 is 0. The number of hydrogen-bond donors (Lipinski definition) is 1. The molecule has 20 heavy (non-hydrogen) atoms. The quantitative estimate of drug-likeness (QED) is 0.908. The molecule has 0 spiro atoms. The Morgan fingerprint density at radius 2 is 2.00 bits per heavy atom. The minimum Gasteiger partial charge on any atom is -0.305 e. The van der Waals surface area contributed by atoms with Crippen LogP contribution in [-0.2, 0) is 0 Å². The fourth-order valence-corrected chi connectivity index (χ4v) is 2.10. The Morgan fingerprint density at radius 3 is 2.65 bits per heavy atom. The van der Waals surface area contributed by atoms with Gasteiger partial charge in [-0.3, -0.25) is 9.97 Å². The van der Waals surface area contributed by atoms with Gasteiger partial charge in [0.05, 0.1) is 23.6 Å². The fourth-order valence-electron chi connectivity index (χ4n) is 2.10. The Labute approximate surface area is 119 Å². The van der Waals surface area contributed by atoms with E-state index >= 15 is 0 Å². The summed E-state index contributed by atoms with van der Waals surface area (Å²) in [5.74, 6) is -0.216. The third kappa shape index (κ3) is 3.39. The normalized spacial score (nSPS) is 12.4. The molecule has 3 nitrogen and oxygen atoms in total.